The lowest BCUT2D eigenvalue weighted by Crippen LogP contribution is -2.19. The molecule has 2 aromatic carbocycles. The zero-order valence-electron chi connectivity index (χ0n) is 10.6. The predicted molar refractivity (Wildman–Crippen MR) is 78.3 cm³/mol. The Morgan fingerprint density at radius 3 is 2.57 bits per heavy atom. The number of phenolic OH excluding ortho intramolecular Hbond substituents is 1. The van der Waals surface area contributed by atoms with E-state index in [1.54, 1.807) is 0 Å². The van der Waals surface area contributed by atoms with Gasteiger partial charge >= 0.3 is 0 Å². The molecule has 0 aliphatic heterocycles. The molecule has 1 amide bonds. The van der Waals surface area contributed by atoms with Crippen molar-refractivity contribution in [3.05, 3.63) is 59.2 Å². The van der Waals surface area contributed by atoms with Gasteiger partial charge in [-0.1, -0.05) is 18.3 Å². The van der Waals surface area contributed by atoms with Crippen molar-refractivity contribution in [1.82, 2.24) is 0 Å². The van der Waals surface area contributed by atoms with Crippen molar-refractivity contribution < 1.29 is 18.7 Å². The molecule has 0 unspecified atom stereocenters. The van der Waals surface area contributed by atoms with Crippen LogP contribution < -0.4 is 11.1 Å². The first kappa shape index (κ1) is 14.9. The third-order valence-electron chi connectivity index (χ3n) is 2.71. The molecule has 2 rings (SSSR count). The number of phenols is 1. The van der Waals surface area contributed by atoms with Crippen LogP contribution in [-0.2, 0) is 0 Å². The molecule has 2 aromatic rings. The number of carbonyl (C=O) groups excluding carboxylic acids is 1. The minimum absolute atomic E-state index is 0.106. The average Bonchev–Trinajstić information content (AvgIpc) is 2.40. The number of hydrogen-bond acceptors (Lipinski definition) is 3. The van der Waals surface area contributed by atoms with Gasteiger partial charge in [-0.2, -0.15) is 0 Å². The fourth-order valence-corrected chi connectivity index (χ4v) is 1.92. The van der Waals surface area contributed by atoms with Crippen LogP contribution in [0.5, 0.6) is 5.75 Å². The van der Waals surface area contributed by atoms with Crippen LogP contribution in [-0.4, -0.2) is 16.0 Å². The molecule has 108 valence electrons. The van der Waals surface area contributed by atoms with Crippen molar-refractivity contribution in [2.24, 2.45) is 5.73 Å². The lowest BCUT2D eigenvalue weighted by Gasteiger charge is -2.11. The Bertz CT molecular complexity index is 715. The van der Waals surface area contributed by atoms with E-state index < -0.39 is 28.9 Å². The van der Waals surface area contributed by atoms with Crippen LogP contribution in [0.15, 0.2) is 36.4 Å². The highest BCUT2D eigenvalue weighted by Crippen LogP contribution is 2.23. The topological polar surface area (TPSA) is 75.3 Å². The number of benzene rings is 2. The predicted octanol–water partition coefficient (Wildman–Crippen LogP) is 2.56. The molecule has 0 heterocycles. The Morgan fingerprint density at radius 1 is 1.24 bits per heavy atom. The van der Waals surface area contributed by atoms with E-state index in [1.165, 1.54) is 18.2 Å². The summed E-state index contributed by atoms with van der Waals surface area (Å²) in [6, 6.07) is 6.88. The van der Waals surface area contributed by atoms with Crippen molar-refractivity contribution in [3.63, 3.8) is 0 Å². The van der Waals surface area contributed by atoms with E-state index in [1.807, 2.05) is 0 Å². The first-order chi connectivity index (χ1) is 9.90. The van der Waals surface area contributed by atoms with E-state index in [-0.39, 0.29) is 16.2 Å². The Kier molecular flexibility index (Phi) is 4.13. The van der Waals surface area contributed by atoms with E-state index in [2.05, 4.69) is 5.32 Å². The van der Waals surface area contributed by atoms with E-state index in [0.29, 0.717) is 0 Å². The number of thiocarbonyl (C=S) groups is 1. The second-order valence-corrected chi connectivity index (χ2v) is 4.58. The lowest BCUT2D eigenvalue weighted by atomic mass is 10.1. The molecule has 0 atom stereocenters. The summed E-state index contributed by atoms with van der Waals surface area (Å²) in [5.41, 5.74) is 5.16. The fraction of sp³-hybridized carbons (Fsp3) is 0. The maximum atomic E-state index is 13.6. The molecule has 0 saturated carbocycles. The van der Waals surface area contributed by atoms with Crippen LogP contribution in [0.3, 0.4) is 0 Å². The minimum Gasteiger partial charge on any atom is -0.507 e. The molecule has 0 radical (unpaired) electrons. The number of halogens is 2. The van der Waals surface area contributed by atoms with Crippen molar-refractivity contribution in [2.75, 3.05) is 5.32 Å². The number of aromatic hydroxyl groups is 1. The molecule has 21 heavy (non-hydrogen) atoms. The lowest BCUT2D eigenvalue weighted by molar-refractivity contribution is 0.102. The smallest absolute Gasteiger partial charge is 0.262 e. The van der Waals surface area contributed by atoms with E-state index in [0.717, 1.165) is 18.2 Å². The highest BCUT2D eigenvalue weighted by Gasteiger charge is 2.18. The number of rotatable bonds is 3. The number of anilines is 1. The fourth-order valence-electron chi connectivity index (χ4n) is 1.75. The van der Waals surface area contributed by atoms with Crippen molar-refractivity contribution in [2.45, 2.75) is 0 Å². The molecule has 0 aliphatic carbocycles. The molecule has 4 N–H and O–H groups in total. The molecule has 0 fully saturated rings. The van der Waals surface area contributed by atoms with Gasteiger partial charge in [0.2, 0.25) is 0 Å². The van der Waals surface area contributed by atoms with Gasteiger partial charge < -0.3 is 16.2 Å². The molecule has 0 aromatic heterocycles. The Labute approximate surface area is 124 Å². The molecular formula is C14H10F2N2O2S. The van der Waals surface area contributed by atoms with Gasteiger partial charge in [0.05, 0.1) is 5.69 Å². The van der Waals surface area contributed by atoms with Gasteiger partial charge in [0, 0.05) is 5.56 Å². The molecular weight excluding hydrogens is 298 g/mol. The van der Waals surface area contributed by atoms with Crippen molar-refractivity contribution in [3.8, 4) is 5.75 Å². The normalized spacial score (nSPS) is 10.2. The zero-order valence-corrected chi connectivity index (χ0v) is 11.4. The van der Waals surface area contributed by atoms with Crippen LogP contribution in [0, 0.1) is 11.6 Å². The van der Waals surface area contributed by atoms with Crippen LogP contribution in [0.1, 0.15) is 15.9 Å². The third-order valence-corrected chi connectivity index (χ3v) is 2.93. The molecule has 0 aliphatic rings. The van der Waals surface area contributed by atoms with Crippen LogP contribution in [0.4, 0.5) is 14.5 Å². The van der Waals surface area contributed by atoms with Crippen LogP contribution >= 0.6 is 12.2 Å². The number of hydrogen-bond donors (Lipinski definition) is 3. The quantitative estimate of drug-likeness (QED) is 0.762. The summed E-state index contributed by atoms with van der Waals surface area (Å²) in [5, 5.41) is 11.9. The first-order valence-corrected chi connectivity index (χ1v) is 6.19. The summed E-state index contributed by atoms with van der Waals surface area (Å²) in [5.74, 6) is -2.86. The highest BCUT2D eigenvalue weighted by atomic mass is 32.1. The highest BCUT2D eigenvalue weighted by molar-refractivity contribution is 7.80. The van der Waals surface area contributed by atoms with Crippen LogP contribution in [0.2, 0.25) is 0 Å². The monoisotopic (exact) mass is 308 g/mol. The van der Waals surface area contributed by atoms with Gasteiger partial charge in [-0.15, -0.1) is 0 Å². The Morgan fingerprint density at radius 2 is 1.95 bits per heavy atom. The zero-order chi connectivity index (χ0) is 15.6. The van der Waals surface area contributed by atoms with Gasteiger partial charge in [0.1, 0.15) is 27.9 Å². The number of nitrogens with one attached hydrogen (secondary N) is 1. The summed E-state index contributed by atoms with van der Waals surface area (Å²) >= 11 is 4.77. The second kappa shape index (κ2) is 5.84. The van der Waals surface area contributed by atoms with Gasteiger partial charge in [-0.25, -0.2) is 8.78 Å². The maximum absolute atomic E-state index is 13.6. The first-order valence-electron chi connectivity index (χ1n) is 5.78. The summed E-state index contributed by atoms with van der Waals surface area (Å²) in [6.45, 7) is 0. The number of amides is 1. The SMILES string of the molecule is NC(=S)c1cc(F)ccc1NC(=O)c1c(O)cccc1F. The summed E-state index contributed by atoms with van der Waals surface area (Å²) in [4.78, 5) is 11.9. The van der Waals surface area contributed by atoms with E-state index in [4.69, 9.17) is 18.0 Å². The summed E-state index contributed by atoms with van der Waals surface area (Å²) in [7, 11) is 0. The van der Waals surface area contributed by atoms with Crippen LogP contribution in [0.25, 0.3) is 0 Å². The number of nitrogens with two attached hydrogens (primary N) is 1. The summed E-state index contributed by atoms with van der Waals surface area (Å²) in [6.07, 6.45) is 0. The van der Waals surface area contributed by atoms with E-state index >= 15 is 0 Å². The molecule has 7 heteroatoms. The van der Waals surface area contributed by atoms with Gasteiger partial charge in [0.15, 0.2) is 0 Å². The molecule has 0 bridgehead atoms. The standard InChI is InChI=1S/C14H10F2N2O2S/c15-7-4-5-10(8(6-7)13(17)21)18-14(20)12-9(16)2-1-3-11(12)19/h1-6,19H,(H2,17,21)(H,18,20). The molecule has 0 spiro atoms. The molecule has 0 saturated heterocycles. The van der Waals surface area contributed by atoms with Crippen molar-refractivity contribution >= 4 is 28.8 Å². The van der Waals surface area contributed by atoms with Gasteiger partial charge in [0.25, 0.3) is 5.91 Å². The minimum atomic E-state index is -0.894. The van der Waals surface area contributed by atoms with Gasteiger partial charge in [-0.3, -0.25) is 4.79 Å². The Balaban J connectivity index is 2.39. The summed E-state index contributed by atoms with van der Waals surface area (Å²) < 4.78 is 26.8. The largest absolute Gasteiger partial charge is 0.507 e. The average molecular weight is 308 g/mol. The third kappa shape index (κ3) is 3.14. The Hall–Kier alpha value is -2.54. The van der Waals surface area contributed by atoms with Gasteiger partial charge in [-0.05, 0) is 30.3 Å². The molecule has 4 nitrogen and oxygen atoms in total. The number of carbonyl (C=O) groups is 1. The van der Waals surface area contributed by atoms with E-state index in [9.17, 15) is 18.7 Å². The van der Waals surface area contributed by atoms with Crippen molar-refractivity contribution in [1.29, 1.82) is 0 Å². The maximum Gasteiger partial charge on any atom is 0.262 e. The second-order valence-electron chi connectivity index (χ2n) is 4.14.